The molecule has 1 amide bonds. The molecule has 1 N–H and O–H groups in total. The molecule has 4 aromatic carbocycles. The SMILES string of the molecule is CCOc1ccc(C(=O)N/N=C\c2ccc(OCc3cccc4ccccc34)cc2)cc1. The number of hydrazone groups is 1. The standard InChI is InChI=1S/C27H24N2O3/c1-2-31-24-16-12-22(13-17-24)27(30)29-28-18-20-10-14-25(15-11-20)32-19-23-8-5-7-21-6-3-4-9-26(21)23/h3-18H,2,19H2,1H3,(H,29,30)/b28-18-. The molecular formula is C27H24N2O3. The second kappa shape index (κ2) is 10.3. The normalized spacial score (nSPS) is 10.9. The zero-order valence-electron chi connectivity index (χ0n) is 17.8. The van der Waals surface area contributed by atoms with Crippen LogP contribution in [-0.2, 0) is 6.61 Å². The Hall–Kier alpha value is -4.12. The molecule has 0 unspecified atom stereocenters. The van der Waals surface area contributed by atoms with Crippen LogP contribution < -0.4 is 14.9 Å². The number of hydrogen-bond acceptors (Lipinski definition) is 4. The second-order valence-electron chi connectivity index (χ2n) is 7.15. The lowest BCUT2D eigenvalue weighted by atomic mass is 10.1. The number of carbonyl (C=O) groups excluding carboxylic acids is 1. The highest BCUT2D eigenvalue weighted by atomic mass is 16.5. The molecule has 4 rings (SSSR count). The topological polar surface area (TPSA) is 59.9 Å². The largest absolute Gasteiger partial charge is 0.494 e. The minimum absolute atomic E-state index is 0.278. The molecule has 0 aliphatic carbocycles. The molecule has 0 aromatic heterocycles. The van der Waals surface area contributed by atoms with Crippen molar-refractivity contribution in [2.24, 2.45) is 5.10 Å². The van der Waals surface area contributed by atoms with Gasteiger partial charge in [0.15, 0.2) is 0 Å². The molecule has 5 heteroatoms. The van der Waals surface area contributed by atoms with Crippen LogP contribution in [0.25, 0.3) is 10.8 Å². The first-order chi connectivity index (χ1) is 15.7. The summed E-state index contributed by atoms with van der Waals surface area (Å²) in [5, 5.41) is 6.44. The lowest BCUT2D eigenvalue weighted by Crippen LogP contribution is -2.17. The molecular weight excluding hydrogens is 400 g/mol. The Bertz CT molecular complexity index is 1210. The molecule has 32 heavy (non-hydrogen) atoms. The van der Waals surface area contributed by atoms with Gasteiger partial charge >= 0.3 is 0 Å². The van der Waals surface area contributed by atoms with E-state index >= 15 is 0 Å². The highest BCUT2D eigenvalue weighted by Crippen LogP contribution is 2.21. The summed E-state index contributed by atoms with van der Waals surface area (Å²) in [6.07, 6.45) is 1.60. The minimum Gasteiger partial charge on any atom is -0.494 e. The van der Waals surface area contributed by atoms with E-state index in [9.17, 15) is 4.79 Å². The van der Waals surface area contributed by atoms with Crippen LogP contribution in [0.3, 0.4) is 0 Å². The maximum atomic E-state index is 12.2. The summed E-state index contributed by atoms with van der Waals surface area (Å²) in [4.78, 5) is 12.2. The lowest BCUT2D eigenvalue weighted by Gasteiger charge is -2.09. The fraction of sp³-hybridized carbons (Fsp3) is 0.111. The van der Waals surface area contributed by atoms with E-state index in [1.54, 1.807) is 30.5 Å². The van der Waals surface area contributed by atoms with E-state index in [1.165, 1.54) is 10.8 Å². The van der Waals surface area contributed by atoms with Crippen LogP contribution in [0, 0.1) is 0 Å². The van der Waals surface area contributed by atoms with Gasteiger partial charge in [-0.15, -0.1) is 0 Å². The number of carbonyl (C=O) groups is 1. The number of nitrogens with one attached hydrogen (secondary N) is 1. The van der Waals surface area contributed by atoms with Crippen LogP contribution in [0.5, 0.6) is 11.5 Å². The van der Waals surface area contributed by atoms with Crippen LogP contribution in [0.4, 0.5) is 0 Å². The van der Waals surface area contributed by atoms with Gasteiger partial charge in [0.2, 0.25) is 0 Å². The van der Waals surface area contributed by atoms with Crippen LogP contribution >= 0.6 is 0 Å². The fourth-order valence-electron chi connectivity index (χ4n) is 3.33. The van der Waals surface area contributed by atoms with Gasteiger partial charge in [-0.1, -0.05) is 42.5 Å². The molecule has 0 spiro atoms. The monoisotopic (exact) mass is 424 g/mol. The van der Waals surface area contributed by atoms with E-state index < -0.39 is 0 Å². The first kappa shape index (κ1) is 21.1. The van der Waals surface area contributed by atoms with Crippen LogP contribution in [0.1, 0.15) is 28.4 Å². The first-order valence-electron chi connectivity index (χ1n) is 10.5. The van der Waals surface area contributed by atoms with E-state index in [0.717, 1.165) is 22.6 Å². The highest BCUT2D eigenvalue weighted by Gasteiger charge is 2.04. The third-order valence-electron chi connectivity index (χ3n) is 4.96. The Morgan fingerprint density at radius 2 is 1.53 bits per heavy atom. The Labute approximate surface area is 187 Å². The van der Waals surface area contributed by atoms with Crippen molar-refractivity contribution in [1.29, 1.82) is 0 Å². The average molecular weight is 425 g/mol. The molecule has 0 aliphatic heterocycles. The molecule has 160 valence electrons. The maximum absolute atomic E-state index is 12.2. The zero-order valence-corrected chi connectivity index (χ0v) is 17.8. The Morgan fingerprint density at radius 3 is 2.31 bits per heavy atom. The van der Waals surface area contributed by atoms with E-state index in [1.807, 2.05) is 49.4 Å². The van der Waals surface area contributed by atoms with Crippen molar-refractivity contribution < 1.29 is 14.3 Å². The maximum Gasteiger partial charge on any atom is 0.271 e. The zero-order chi connectivity index (χ0) is 22.2. The van der Waals surface area contributed by atoms with Gasteiger partial charge in [-0.2, -0.15) is 5.10 Å². The summed E-state index contributed by atoms with van der Waals surface area (Å²) < 4.78 is 11.3. The fourth-order valence-corrected chi connectivity index (χ4v) is 3.33. The van der Waals surface area contributed by atoms with Gasteiger partial charge in [-0.05, 0) is 77.4 Å². The smallest absolute Gasteiger partial charge is 0.271 e. The Kier molecular flexibility index (Phi) is 6.78. The van der Waals surface area contributed by atoms with Gasteiger partial charge in [0.25, 0.3) is 5.91 Å². The molecule has 0 saturated carbocycles. The van der Waals surface area contributed by atoms with Gasteiger partial charge in [0.05, 0.1) is 12.8 Å². The van der Waals surface area contributed by atoms with Gasteiger partial charge in [0, 0.05) is 5.56 Å². The summed E-state index contributed by atoms with van der Waals surface area (Å²) in [5.41, 5.74) is 5.05. The van der Waals surface area contributed by atoms with Crippen LogP contribution in [-0.4, -0.2) is 18.7 Å². The number of amides is 1. The quantitative estimate of drug-likeness (QED) is 0.297. The van der Waals surface area contributed by atoms with Crippen molar-refractivity contribution in [3.05, 3.63) is 108 Å². The summed E-state index contributed by atoms with van der Waals surface area (Å²) >= 11 is 0. The van der Waals surface area contributed by atoms with Crippen molar-refractivity contribution in [2.45, 2.75) is 13.5 Å². The number of benzene rings is 4. The summed E-state index contributed by atoms with van der Waals surface area (Å²) in [6.45, 7) is 2.99. The molecule has 0 saturated heterocycles. The van der Waals surface area contributed by atoms with Crippen molar-refractivity contribution in [3.63, 3.8) is 0 Å². The van der Waals surface area contributed by atoms with Crippen molar-refractivity contribution in [3.8, 4) is 11.5 Å². The molecule has 5 nitrogen and oxygen atoms in total. The summed E-state index contributed by atoms with van der Waals surface area (Å²) in [6, 6.07) is 29.0. The molecule has 0 atom stereocenters. The van der Waals surface area contributed by atoms with Gasteiger partial charge in [0.1, 0.15) is 18.1 Å². The van der Waals surface area contributed by atoms with Crippen molar-refractivity contribution in [2.75, 3.05) is 6.61 Å². The number of hydrogen-bond donors (Lipinski definition) is 1. The molecule has 4 aromatic rings. The predicted octanol–water partition coefficient (Wildman–Crippen LogP) is 5.58. The number of nitrogens with zero attached hydrogens (tertiary/aromatic N) is 1. The summed E-state index contributed by atoms with van der Waals surface area (Å²) in [7, 11) is 0. The summed E-state index contributed by atoms with van der Waals surface area (Å²) in [5.74, 6) is 1.23. The minimum atomic E-state index is -0.278. The van der Waals surface area contributed by atoms with Crippen LogP contribution in [0.15, 0.2) is 96.1 Å². The Morgan fingerprint density at radius 1 is 0.844 bits per heavy atom. The van der Waals surface area contributed by atoms with E-state index in [4.69, 9.17) is 9.47 Å². The number of fused-ring (bicyclic) bond motifs is 1. The molecule has 0 bridgehead atoms. The van der Waals surface area contributed by atoms with E-state index in [2.05, 4.69) is 34.8 Å². The number of ether oxygens (including phenoxy) is 2. The first-order valence-corrected chi connectivity index (χ1v) is 10.5. The predicted molar refractivity (Wildman–Crippen MR) is 127 cm³/mol. The molecule has 0 heterocycles. The third kappa shape index (κ3) is 5.32. The second-order valence-corrected chi connectivity index (χ2v) is 7.15. The molecule has 0 aliphatic rings. The Balaban J connectivity index is 1.31. The van der Waals surface area contributed by atoms with E-state index in [0.29, 0.717) is 18.8 Å². The lowest BCUT2D eigenvalue weighted by molar-refractivity contribution is 0.0955. The van der Waals surface area contributed by atoms with E-state index in [-0.39, 0.29) is 5.91 Å². The van der Waals surface area contributed by atoms with Gasteiger partial charge in [-0.3, -0.25) is 4.79 Å². The van der Waals surface area contributed by atoms with Gasteiger partial charge in [-0.25, -0.2) is 5.43 Å². The highest BCUT2D eigenvalue weighted by molar-refractivity contribution is 5.95. The molecule has 0 radical (unpaired) electrons. The van der Waals surface area contributed by atoms with Crippen molar-refractivity contribution in [1.82, 2.24) is 5.43 Å². The third-order valence-corrected chi connectivity index (χ3v) is 4.96. The van der Waals surface area contributed by atoms with Crippen molar-refractivity contribution >= 4 is 22.9 Å². The average Bonchev–Trinajstić information content (AvgIpc) is 2.84. The molecule has 0 fully saturated rings. The van der Waals surface area contributed by atoms with Gasteiger partial charge < -0.3 is 9.47 Å². The number of rotatable bonds is 8. The van der Waals surface area contributed by atoms with Crippen LogP contribution in [0.2, 0.25) is 0 Å².